The molecule has 0 heterocycles. The van der Waals surface area contributed by atoms with Crippen molar-refractivity contribution < 1.29 is 5.11 Å². The van der Waals surface area contributed by atoms with Gasteiger partial charge in [-0.25, -0.2) is 0 Å². The van der Waals surface area contributed by atoms with E-state index in [0.717, 1.165) is 19.5 Å². The van der Waals surface area contributed by atoms with E-state index in [9.17, 15) is 0 Å². The normalized spacial score (nSPS) is 13.6. The van der Waals surface area contributed by atoms with Crippen molar-refractivity contribution in [3.05, 3.63) is 29.8 Å². The van der Waals surface area contributed by atoms with Gasteiger partial charge in [0.25, 0.3) is 0 Å². The number of benzene rings is 1. The highest BCUT2D eigenvalue weighted by Crippen LogP contribution is 2.05. The molecule has 0 spiro atoms. The van der Waals surface area contributed by atoms with E-state index < -0.39 is 8.07 Å². The zero-order valence-electron chi connectivity index (χ0n) is 12.2. The summed E-state index contributed by atoms with van der Waals surface area (Å²) >= 11 is 0. The summed E-state index contributed by atoms with van der Waals surface area (Å²) in [5, 5.41) is 13.8. The third-order valence-electron chi connectivity index (χ3n) is 3.26. The minimum atomic E-state index is -1.16. The van der Waals surface area contributed by atoms with Crippen molar-refractivity contribution in [2.24, 2.45) is 5.92 Å². The maximum Gasteiger partial charge on any atom is 0.0775 e. The number of aliphatic hydroxyl groups excluding tert-OH is 1. The Morgan fingerprint density at radius 2 is 1.78 bits per heavy atom. The van der Waals surface area contributed by atoms with Gasteiger partial charge in [-0.3, -0.25) is 0 Å². The summed E-state index contributed by atoms with van der Waals surface area (Å²) in [6, 6.07) is 9.02. The van der Waals surface area contributed by atoms with Crippen LogP contribution in [0.1, 0.15) is 18.9 Å². The molecule has 0 fully saturated rings. The third kappa shape index (κ3) is 5.34. The van der Waals surface area contributed by atoms with Gasteiger partial charge in [-0.1, -0.05) is 56.0 Å². The Hall–Kier alpha value is -0.643. The average Bonchev–Trinajstić information content (AvgIpc) is 2.29. The molecule has 0 aromatic heterocycles. The van der Waals surface area contributed by atoms with Gasteiger partial charge in [0.05, 0.1) is 8.07 Å². The summed E-state index contributed by atoms with van der Waals surface area (Å²) in [4.78, 5) is 0. The van der Waals surface area contributed by atoms with Gasteiger partial charge in [-0.05, 0) is 24.4 Å². The SMILES string of the molecule is CC(CCO)CNCc1ccc([Si](C)(C)C)cc1. The molecule has 0 bridgehead atoms. The number of hydrogen-bond donors (Lipinski definition) is 2. The Bertz CT molecular complexity index is 343. The Kier molecular flexibility index (Phi) is 6.06. The number of hydrogen-bond acceptors (Lipinski definition) is 2. The monoisotopic (exact) mass is 265 g/mol. The van der Waals surface area contributed by atoms with Crippen LogP contribution < -0.4 is 10.5 Å². The van der Waals surface area contributed by atoms with Crippen LogP contribution in [0.3, 0.4) is 0 Å². The van der Waals surface area contributed by atoms with Crippen molar-refractivity contribution in [2.75, 3.05) is 13.2 Å². The fourth-order valence-corrected chi connectivity index (χ4v) is 3.07. The molecule has 2 nitrogen and oxygen atoms in total. The first-order valence-electron chi connectivity index (χ1n) is 6.84. The van der Waals surface area contributed by atoms with Gasteiger partial charge >= 0.3 is 0 Å². The summed E-state index contributed by atoms with van der Waals surface area (Å²) in [6.07, 6.45) is 0.877. The van der Waals surface area contributed by atoms with Crippen LogP contribution in [0.2, 0.25) is 19.6 Å². The topological polar surface area (TPSA) is 32.3 Å². The molecule has 0 aliphatic rings. The summed E-state index contributed by atoms with van der Waals surface area (Å²) in [7, 11) is -1.16. The molecule has 18 heavy (non-hydrogen) atoms. The molecule has 1 unspecified atom stereocenters. The van der Waals surface area contributed by atoms with Crippen molar-refractivity contribution >= 4 is 13.3 Å². The van der Waals surface area contributed by atoms with Gasteiger partial charge in [-0.2, -0.15) is 0 Å². The zero-order valence-corrected chi connectivity index (χ0v) is 13.2. The predicted molar refractivity (Wildman–Crippen MR) is 82.0 cm³/mol. The zero-order chi connectivity index (χ0) is 13.6. The predicted octanol–water partition coefficient (Wildman–Crippen LogP) is 2.34. The highest BCUT2D eigenvalue weighted by molar-refractivity contribution is 6.88. The van der Waals surface area contributed by atoms with Crippen molar-refractivity contribution in [1.82, 2.24) is 5.32 Å². The van der Waals surface area contributed by atoms with E-state index in [0.29, 0.717) is 5.92 Å². The Morgan fingerprint density at radius 3 is 2.28 bits per heavy atom. The van der Waals surface area contributed by atoms with Gasteiger partial charge in [0, 0.05) is 13.2 Å². The first-order valence-corrected chi connectivity index (χ1v) is 10.3. The summed E-state index contributed by atoms with van der Waals surface area (Å²) in [6.45, 7) is 11.5. The lowest BCUT2D eigenvalue weighted by atomic mass is 10.1. The van der Waals surface area contributed by atoms with E-state index in [1.54, 1.807) is 0 Å². The Balaban J connectivity index is 2.40. The highest BCUT2D eigenvalue weighted by atomic mass is 28.3. The molecule has 1 rings (SSSR count). The molecular formula is C15H27NOSi. The van der Waals surface area contributed by atoms with Gasteiger partial charge in [0.1, 0.15) is 0 Å². The molecule has 0 aliphatic heterocycles. The van der Waals surface area contributed by atoms with Crippen LogP contribution in [-0.4, -0.2) is 26.3 Å². The fourth-order valence-electron chi connectivity index (χ4n) is 1.91. The van der Waals surface area contributed by atoms with Crippen LogP contribution in [0, 0.1) is 5.92 Å². The number of rotatable bonds is 7. The van der Waals surface area contributed by atoms with Crippen molar-refractivity contribution in [2.45, 2.75) is 39.5 Å². The minimum Gasteiger partial charge on any atom is -0.396 e. The lowest BCUT2D eigenvalue weighted by molar-refractivity contribution is 0.260. The van der Waals surface area contributed by atoms with Crippen molar-refractivity contribution in [3.8, 4) is 0 Å². The lowest BCUT2D eigenvalue weighted by Gasteiger charge is -2.17. The molecule has 3 heteroatoms. The standard InChI is InChI=1S/C15H27NOSi/c1-13(9-10-17)11-16-12-14-5-7-15(8-6-14)18(2,3)4/h5-8,13,16-17H,9-12H2,1-4H3. The van der Waals surface area contributed by atoms with E-state index in [1.807, 2.05) is 0 Å². The highest BCUT2D eigenvalue weighted by Gasteiger charge is 2.15. The van der Waals surface area contributed by atoms with Crippen LogP contribution in [-0.2, 0) is 6.54 Å². The van der Waals surface area contributed by atoms with E-state index in [2.05, 4.69) is 56.1 Å². The number of aliphatic hydroxyl groups is 1. The van der Waals surface area contributed by atoms with Crippen LogP contribution in [0.25, 0.3) is 0 Å². The Labute approximate surface area is 112 Å². The second kappa shape index (κ2) is 7.07. The van der Waals surface area contributed by atoms with E-state index >= 15 is 0 Å². The summed E-state index contributed by atoms with van der Waals surface area (Å²) < 4.78 is 0. The number of nitrogens with one attached hydrogen (secondary N) is 1. The maximum absolute atomic E-state index is 8.84. The van der Waals surface area contributed by atoms with Crippen LogP contribution >= 0.6 is 0 Å². The molecule has 0 radical (unpaired) electrons. The molecule has 0 saturated heterocycles. The first kappa shape index (κ1) is 15.4. The van der Waals surface area contributed by atoms with Gasteiger partial charge < -0.3 is 10.4 Å². The van der Waals surface area contributed by atoms with Crippen LogP contribution in [0.4, 0.5) is 0 Å². The van der Waals surface area contributed by atoms with Gasteiger partial charge in [0.15, 0.2) is 0 Å². The maximum atomic E-state index is 8.84. The molecule has 0 amide bonds. The second-order valence-corrected chi connectivity index (χ2v) is 11.3. The average molecular weight is 265 g/mol. The van der Waals surface area contributed by atoms with Crippen molar-refractivity contribution in [1.29, 1.82) is 0 Å². The van der Waals surface area contributed by atoms with E-state index in [-0.39, 0.29) is 6.61 Å². The molecule has 102 valence electrons. The summed E-state index contributed by atoms with van der Waals surface area (Å²) in [5.41, 5.74) is 1.34. The van der Waals surface area contributed by atoms with E-state index in [1.165, 1.54) is 10.8 Å². The van der Waals surface area contributed by atoms with E-state index in [4.69, 9.17) is 5.11 Å². The van der Waals surface area contributed by atoms with Crippen molar-refractivity contribution in [3.63, 3.8) is 0 Å². The summed E-state index contributed by atoms with van der Waals surface area (Å²) in [5.74, 6) is 0.538. The molecule has 1 aromatic carbocycles. The lowest BCUT2D eigenvalue weighted by Crippen LogP contribution is -2.37. The minimum absolute atomic E-state index is 0.285. The second-order valence-electron chi connectivity index (χ2n) is 6.20. The van der Waals surface area contributed by atoms with Gasteiger partial charge in [-0.15, -0.1) is 0 Å². The quantitative estimate of drug-likeness (QED) is 0.742. The van der Waals surface area contributed by atoms with Crippen LogP contribution in [0.15, 0.2) is 24.3 Å². The molecule has 1 atom stereocenters. The fraction of sp³-hybridized carbons (Fsp3) is 0.600. The van der Waals surface area contributed by atoms with Gasteiger partial charge in [0.2, 0.25) is 0 Å². The smallest absolute Gasteiger partial charge is 0.0775 e. The molecular weight excluding hydrogens is 238 g/mol. The molecule has 0 saturated carbocycles. The first-order chi connectivity index (χ1) is 8.43. The third-order valence-corrected chi connectivity index (χ3v) is 5.33. The Morgan fingerprint density at radius 1 is 1.17 bits per heavy atom. The van der Waals surface area contributed by atoms with Crippen LogP contribution in [0.5, 0.6) is 0 Å². The molecule has 0 aliphatic carbocycles. The largest absolute Gasteiger partial charge is 0.396 e. The molecule has 1 aromatic rings. The molecule has 2 N–H and O–H groups in total.